The molecule has 3 aromatic rings. The number of hydrogen-bond acceptors (Lipinski definition) is 3. The first-order chi connectivity index (χ1) is 14.7. The van der Waals surface area contributed by atoms with Gasteiger partial charge in [0.15, 0.2) is 0 Å². The Labute approximate surface area is 175 Å². The zero-order valence-electron chi connectivity index (χ0n) is 16.7. The summed E-state index contributed by atoms with van der Waals surface area (Å²) in [6, 6.07) is 20.9. The molecular weight excluding hydrogens is 376 g/mol. The average molecular weight is 400 g/mol. The monoisotopic (exact) mass is 400 g/mol. The number of nitrogens with one attached hydrogen (secondary N) is 2. The molecule has 4 rings (SSSR count). The van der Waals surface area contributed by atoms with Crippen LogP contribution in [-0.4, -0.2) is 30.0 Å². The molecule has 1 aliphatic heterocycles. The third-order valence-electron chi connectivity index (χ3n) is 5.15. The van der Waals surface area contributed by atoms with Gasteiger partial charge >= 0.3 is 6.03 Å². The van der Waals surface area contributed by atoms with Gasteiger partial charge in [-0.3, -0.25) is 9.78 Å². The first kappa shape index (κ1) is 19.6. The number of fused-ring (bicyclic) bond motifs is 1. The molecule has 2 heterocycles. The Bertz CT molecular complexity index is 1020. The Hall–Kier alpha value is -3.67. The van der Waals surface area contributed by atoms with Crippen molar-refractivity contribution in [2.45, 2.75) is 19.3 Å². The van der Waals surface area contributed by atoms with E-state index in [1.165, 1.54) is 5.56 Å². The number of hydrogen-bond donors (Lipinski definition) is 2. The second-order valence-corrected chi connectivity index (χ2v) is 7.25. The molecule has 0 radical (unpaired) electrons. The lowest BCUT2D eigenvalue weighted by molar-refractivity contribution is -0.117. The van der Waals surface area contributed by atoms with Crippen LogP contribution >= 0.6 is 0 Å². The summed E-state index contributed by atoms with van der Waals surface area (Å²) in [6.07, 6.45) is 3.66. The Kier molecular flexibility index (Phi) is 6.03. The molecule has 6 nitrogen and oxygen atoms in total. The molecule has 0 saturated heterocycles. The third kappa shape index (κ3) is 4.84. The molecule has 30 heavy (non-hydrogen) atoms. The highest BCUT2D eigenvalue weighted by Crippen LogP contribution is 2.28. The highest BCUT2D eigenvalue weighted by Gasteiger charge is 2.23. The summed E-state index contributed by atoms with van der Waals surface area (Å²) in [6.45, 7) is 1.24. The van der Waals surface area contributed by atoms with Crippen LogP contribution in [0.15, 0.2) is 72.9 Å². The molecule has 152 valence electrons. The van der Waals surface area contributed by atoms with Crippen molar-refractivity contribution in [3.8, 4) is 0 Å². The van der Waals surface area contributed by atoms with Crippen molar-refractivity contribution in [1.82, 2.24) is 10.3 Å². The topological polar surface area (TPSA) is 74.3 Å². The van der Waals surface area contributed by atoms with Gasteiger partial charge in [-0.1, -0.05) is 36.4 Å². The molecule has 2 aromatic carbocycles. The van der Waals surface area contributed by atoms with Gasteiger partial charge in [-0.25, -0.2) is 4.79 Å². The van der Waals surface area contributed by atoms with Gasteiger partial charge < -0.3 is 15.5 Å². The summed E-state index contributed by atoms with van der Waals surface area (Å²) >= 11 is 0. The quantitative estimate of drug-likeness (QED) is 0.664. The van der Waals surface area contributed by atoms with Crippen molar-refractivity contribution in [1.29, 1.82) is 0 Å². The second kappa shape index (κ2) is 9.22. The van der Waals surface area contributed by atoms with Gasteiger partial charge in [-0.15, -0.1) is 0 Å². The van der Waals surface area contributed by atoms with Crippen molar-refractivity contribution in [2.75, 3.05) is 23.3 Å². The van der Waals surface area contributed by atoms with E-state index in [1.54, 1.807) is 6.20 Å². The summed E-state index contributed by atoms with van der Waals surface area (Å²) in [5.74, 6) is 0.0907. The molecule has 1 aromatic heterocycles. The molecule has 0 atom stereocenters. The standard InChI is InChI=1S/C24H24N4O2/c29-23(28-16-13-19-5-1-2-7-22(19)28)17-18-8-10-21(11-9-18)27-24(30)26-15-12-20-6-3-4-14-25-20/h1-11,14H,12-13,15-17H2,(H2,26,27,30). The van der Waals surface area contributed by atoms with Gasteiger partial charge in [0.25, 0.3) is 0 Å². The van der Waals surface area contributed by atoms with E-state index in [-0.39, 0.29) is 11.9 Å². The fourth-order valence-corrected chi connectivity index (χ4v) is 3.60. The summed E-state index contributed by atoms with van der Waals surface area (Å²) in [5, 5.41) is 5.63. The van der Waals surface area contributed by atoms with E-state index >= 15 is 0 Å². The molecule has 0 bridgehead atoms. The number of carbonyl (C=O) groups is 2. The minimum Gasteiger partial charge on any atom is -0.337 e. The number of para-hydroxylation sites is 1. The first-order valence-corrected chi connectivity index (χ1v) is 10.1. The van der Waals surface area contributed by atoms with Crippen LogP contribution in [0.3, 0.4) is 0 Å². The number of aromatic nitrogens is 1. The summed E-state index contributed by atoms with van der Waals surface area (Å²) in [4.78, 5) is 30.9. The smallest absolute Gasteiger partial charge is 0.319 e. The number of nitrogens with zero attached hydrogens (tertiary/aromatic N) is 2. The van der Waals surface area contributed by atoms with Crippen molar-refractivity contribution < 1.29 is 9.59 Å². The molecule has 6 heteroatoms. The molecule has 2 N–H and O–H groups in total. The van der Waals surface area contributed by atoms with Crippen molar-refractivity contribution in [3.05, 3.63) is 89.7 Å². The Balaban J connectivity index is 1.26. The van der Waals surface area contributed by atoms with Crippen molar-refractivity contribution in [2.24, 2.45) is 0 Å². The number of urea groups is 1. The summed E-state index contributed by atoms with van der Waals surface area (Å²) in [7, 11) is 0. The fraction of sp³-hybridized carbons (Fsp3) is 0.208. The molecule has 3 amide bonds. The van der Waals surface area contributed by atoms with Crippen LogP contribution < -0.4 is 15.5 Å². The zero-order chi connectivity index (χ0) is 20.8. The van der Waals surface area contributed by atoms with Gasteiger partial charge in [0.2, 0.25) is 5.91 Å². The van der Waals surface area contributed by atoms with E-state index in [2.05, 4.69) is 21.7 Å². The molecule has 0 aliphatic carbocycles. The molecule has 0 unspecified atom stereocenters. The van der Waals surface area contributed by atoms with Gasteiger partial charge in [-0.2, -0.15) is 0 Å². The average Bonchev–Trinajstić information content (AvgIpc) is 3.20. The van der Waals surface area contributed by atoms with Crippen molar-refractivity contribution >= 4 is 23.3 Å². The highest BCUT2D eigenvalue weighted by molar-refractivity contribution is 5.96. The number of benzene rings is 2. The third-order valence-corrected chi connectivity index (χ3v) is 5.15. The maximum absolute atomic E-state index is 12.7. The molecule has 1 aliphatic rings. The lowest BCUT2D eigenvalue weighted by Crippen LogP contribution is -2.31. The van der Waals surface area contributed by atoms with Gasteiger partial charge in [0, 0.05) is 42.8 Å². The van der Waals surface area contributed by atoms with Crippen LogP contribution in [0.2, 0.25) is 0 Å². The second-order valence-electron chi connectivity index (χ2n) is 7.25. The number of rotatable bonds is 6. The number of carbonyl (C=O) groups excluding carboxylic acids is 2. The van der Waals surface area contributed by atoms with Crippen LogP contribution in [0.1, 0.15) is 16.8 Å². The minimum absolute atomic E-state index is 0.0907. The Morgan fingerprint density at radius 3 is 2.57 bits per heavy atom. The van der Waals surface area contributed by atoms with E-state index in [9.17, 15) is 9.59 Å². The summed E-state index contributed by atoms with van der Waals surface area (Å²) < 4.78 is 0. The van der Waals surface area contributed by atoms with E-state index < -0.39 is 0 Å². The van der Waals surface area contributed by atoms with Gasteiger partial charge in [0.1, 0.15) is 0 Å². The number of anilines is 2. The number of amides is 3. The normalized spacial score (nSPS) is 12.3. The van der Waals surface area contributed by atoms with Gasteiger partial charge in [-0.05, 0) is 47.9 Å². The van der Waals surface area contributed by atoms with Crippen LogP contribution in [0.5, 0.6) is 0 Å². The van der Waals surface area contributed by atoms with Crippen LogP contribution in [0, 0.1) is 0 Å². The molecule has 0 spiro atoms. The predicted molar refractivity (Wildman–Crippen MR) is 118 cm³/mol. The van der Waals surface area contributed by atoms with Crippen molar-refractivity contribution in [3.63, 3.8) is 0 Å². The zero-order valence-corrected chi connectivity index (χ0v) is 16.7. The van der Waals surface area contributed by atoms with E-state index in [4.69, 9.17) is 0 Å². The number of pyridine rings is 1. The lowest BCUT2D eigenvalue weighted by Gasteiger charge is -2.17. The highest BCUT2D eigenvalue weighted by atomic mass is 16.2. The SMILES string of the molecule is O=C(NCCc1ccccn1)Nc1ccc(CC(=O)N2CCc3ccccc32)cc1. The van der Waals surface area contributed by atoms with Crippen LogP contribution in [0.25, 0.3) is 0 Å². The first-order valence-electron chi connectivity index (χ1n) is 10.1. The van der Waals surface area contributed by atoms with E-state index in [0.717, 1.165) is 29.9 Å². The summed E-state index contributed by atoms with van der Waals surface area (Å²) in [5.41, 5.74) is 4.79. The predicted octanol–water partition coefficient (Wildman–Crippen LogP) is 3.58. The largest absolute Gasteiger partial charge is 0.337 e. The van der Waals surface area contributed by atoms with E-state index in [1.807, 2.05) is 65.6 Å². The maximum atomic E-state index is 12.7. The lowest BCUT2D eigenvalue weighted by atomic mass is 10.1. The molecule has 0 saturated carbocycles. The Morgan fingerprint density at radius 2 is 1.77 bits per heavy atom. The van der Waals surface area contributed by atoms with Gasteiger partial charge in [0.05, 0.1) is 6.42 Å². The van der Waals surface area contributed by atoms with Crippen LogP contribution in [-0.2, 0) is 24.1 Å². The fourth-order valence-electron chi connectivity index (χ4n) is 3.60. The Morgan fingerprint density at radius 1 is 0.967 bits per heavy atom. The maximum Gasteiger partial charge on any atom is 0.319 e. The van der Waals surface area contributed by atoms with E-state index in [0.29, 0.717) is 25.1 Å². The van der Waals surface area contributed by atoms with Crippen LogP contribution in [0.4, 0.5) is 16.2 Å². The molecule has 0 fully saturated rings. The minimum atomic E-state index is -0.261. The molecular formula is C24H24N4O2.